The van der Waals surface area contributed by atoms with Crippen LogP contribution in [0.1, 0.15) is 466 Å². The van der Waals surface area contributed by atoms with Crippen LogP contribution in [0.3, 0.4) is 0 Å². The largest absolute Gasteiger partial charge is 0.493 e. The molecule has 0 amide bonds. The topological polar surface area (TPSA) is 75.6 Å². The maximum atomic E-state index is 11.0. The summed E-state index contributed by atoms with van der Waals surface area (Å²) in [5.41, 5.74) is 6.82. The zero-order chi connectivity index (χ0) is 78.1. The van der Waals surface area contributed by atoms with Crippen LogP contribution in [-0.2, 0) is 6.61 Å². The van der Waals surface area contributed by atoms with Crippen LogP contribution in [0.4, 0.5) is 0 Å². The number of ether oxygens (including phenoxy) is 6. The fourth-order valence-corrected chi connectivity index (χ4v) is 15.1. The Kier molecular flexibility index (Phi) is 63.3. The van der Waals surface area contributed by atoms with E-state index in [4.69, 9.17) is 28.4 Å². The van der Waals surface area contributed by atoms with E-state index in [2.05, 4.69) is 139 Å². The molecule has 7 heteroatoms. The molecule has 4 rings (SSSR count). The van der Waals surface area contributed by atoms with Gasteiger partial charge in [0.25, 0.3) is 0 Å². The van der Waals surface area contributed by atoms with Gasteiger partial charge in [0, 0.05) is 33.4 Å². The van der Waals surface area contributed by atoms with Gasteiger partial charge in [-0.2, -0.15) is 0 Å². The summed E-state index contributed by atoms with van der Waals surface area (Å²) in [6.07, 6.45) is 89.7. The lowest BCUT2D eigenvalue weighted by Crippen LogP contribution is -2.04. The van der Waals surface area contributed by atoms with Gasteiger partial charge in [-0.25, -0.2) is 0 Å². The first kappa shape index (κ1) is 97.2. The molecule has 0 fully saturated rings. The van der Waals surface area contributed by atoms with Crippen molar-refractivity contribution in [2.75, 3.05) is 39.6 Å². The number of aliphatic hydroxyl groups excluding tert-OH is 1. The number of hydrogen-bond donors (Lipinski definition) is 1. The van der Waals surface area contributed by atoms with Crippen LogP contribution in [0.25, 0.3) is 36.5 Å². The smallest absolute Gasteiger partial charge is 0.127 e. The molecule has 0 spiro atoms. The summed E-state index contributed by atoms with van der Waals surface area (Å²) in [7, 11) is 0. The van der Waals surface area contributed by atoms with E-state index in [1.54, 1.807) is 0 Å². The molecule has 624 valence electrons. The molecule has 0 heterocycles. The predicted molar refractivity (Wildman–Crippen MR) is 483 cm³/mol. The lowest BCUT2D eigenvalue weighted by Gasteiger charge is -2.17. The fourth-order valence-electron chi connectivity index (χ4n) is 15.1. The molecule has 0 saturated heterocycles. The third-order valence-corrected chi connectivity index (χ3v) is 22.3. The number of benzene rings is 4. The van der Waals surface area contributed by atoms with Gasteiger partial charge in [-0.05, 0) is 80.5 Å². The van der Waals surface area contributed by atoms with Gasteiger partial charge in [0.05, 0.1) is 46.2 Å². The Bertz CT molecular complexity index is 2810. The van der Waals surface area contributed by atoms with E-state index in [0.717, 1.165) is 138 Å². The molecule has 0 aliphatic carbocycles. The summed E-state index contributed by atoms with van der Waals surface area (Å²) < 4.78 is 41.5. The van der Waals surface area contributed by atoms with Gasteiger partial charge in [0.2, 0.25) is 0 Å². The SMILES string of the molecule is CCCCCCCCCCCCOc1cc(/C=C/c2cc(OCCCCCCCCCCCC)c(/C=C/c3cc(OCCCCCCCCCCCC)c(CO)cc3OCCCCCCCCCCCC)cc2OCCCCCCCCCCCC)c(OCCCCCCCCCCCC)cc1/C=C/c1ccccc1. The quantitative estimate of drug-likeness (QED) is 0.0349. The molecule has 4 aromatic rings. The van der Waals surface area contributed by atoms with Crippen molar-refractivity contribution < 1.29 is 33.5 Å². The summed E-state index contributed by atoms with van der Waals surface area (Å²) >= 11 is 0. The highest BCUT2D eigenvalue weighted by Gasteiger charge is 2.17. The van der Waals surface area contributed by atoms with Gasteiger partial charge >= 0.3 is 0 Å². The third kappa shape index (κ3) is 50.2. The molecule has 0 unspecified atom stereocenters. The normalized spacial score (nSPS) is 11.7. The minimum Gasteiger partial charge on any atom is -0.493 e. The second kappa shape index (κ2) is 71.6. The highest BCUT2D eigenvalue weighted by molar-refractivity contribution is 5.83. The van der Waals surface area contributed by atoms with Crippen molar-refractivity contribution in [3.63, 3.8) is 0 Å². The Morgan fingerprint density at radius 3 is 0.582 bits per heavy atom. The Morgan fingerprint density at radius 1 is 0.200 bits per heavy atom. The number of aliphatic hydroxyl groups is 1. The van der Waals surface area contributed by atoms with Crippen molar-refractivity contribution in [1.82, 2.24) is 0 Å². The monoisotopic (exact) mass is 1520 g/mol. The lowest BCUT2D eigenvalue weighted by molar-refractivity contribution is 0.256. The second-order valence-electron chi connectivity index (χ2n) is 32.6. The van der Waals surface area contributed by atoms with Crippen molar-refractivity contribution in [1.29, 1.82) is 0 Å². The molecular weight excluding hydrogens is 1350 g/mol. The number of unbranched alkanes of at least 4 members (excludes halogenated alkanes) is 54. The number of hydrogen-bond acceptors (Lipinski definition) is 7. The maximum absolute atomic E-state index is 11.0. The molecule has 0 radical (unpaired) electrons. The minimum atomic E-state index is -0.117. The summed E-state index contributed by atoms with van der Waals surface area (Å²) in [6.45, 7) is 17.5. The molecule has 0 bridgehead atoms. The van der Waals surface area contributed by atoms with Crippen LogP contribution < -0.4 is 28.4 Å². The molecule has 0 aliphatic heterocycles. The van der Waals surface area contributed by atoms with Gasteiger partial charge < -0.3 is 33.5 Å². The van der Waals surface area contributed by atoms with Crippen LogP contribution in [0, 0.1) is 0 Å². The van der Waals surface area contributed by atoms with E-state index in [1.165, 1.54) is 321 Å². The number of rotatable bonds is 79. The van der Waals surface area contributed by atoms with E-state index >= 15 is 0 Å². The van der Waals surface area contributed by atoms with E-state index in [9.17, 15) is 5.11 Å². The predicted octanol–water partition coefficient (Wildman–Crippen LogP) is 33.5. The van der Waals surface area contributed by atoms with Crippen molar-refractivity contribution in [2.24, 2.45) is 0 Å². The molecule has 0 saturated carbocycles. The van der Waals surface area contributed by atoms with Crippen molar-refractivity contribution in [3.05, 3.63) is 106 Å². The maximum Gasteiger partial charge on any atom is 0.127 e. The summed E-state index contributed by atoms with van der Waals surface area (Å²) in [5, 5.41) is 11.0. The molecule has 0 aromatic heterocycles. The molecule has 110 heavy (non-hydrogen) atoms. The lowest BCUT2D eigenvalue weighted by atomic mass is 10.0. The molecular formula is C103H170O7. The summed E-state index contributed by atoms with van der Waals surface area (Å²) in [4.78, 5) is 0. The van der Waals surface area contributed by atoms with Crippen molar-refractivity contribution in [2.45, 2.75) is 433 Å². The Morgan fingerprint density at radius 2 is 0.373 bits per heavy atom. The van der Waals surface area contributed by atoms with Crippen LogP contribution in [0.15, 0.2) is 66.7 Å². The van der Waals surface area contributed by atoms with Crippen LogP contribution >= 0.6 is 0 Å². The van der Waals surface area contributed by atoms with Gasteiger partial charge in [-0.3, -0.25) is 0 Å². The molecule has 0 aliphatic rings. The van der Waals surface area contributed by atoms with E-state index < -0.39 is 0 Å². The molecule has 0 atom stereocenters. The van der Waals surface area contributed by atoms with Crippen LogP contribution in [0.2, 0.25) is 0 Å². The highest BCUT2D eigenvalue weighted by Crippen LogP contribution is 2.38. The first-order chi connectivity index (χ1) is 54.5. The van der Waals surface area contributed by atoms with Crippen molar-refractivity contribution in [3.8, 4) is 34.5 Å². The second-order valence-corrected chi connectivity index (χ2v) is 32.6. The van der Waals surface area contributed by atoms with Crippen molar-refractivity contribution >= 4 is 36.5 Å². The molecule has 1 N–H and O–H groups in total. The third-order valence-electron chi connectivity index (χ3n) is 22.3. The van der Waals surface area contributed by atoms with Gasteiger partial charge in [-0.1, -0.05) is 455 Å². The molecule has 4 aromatic carbocycles. The summed E-state index contributed by atoms with van der Waals surface area (Å²) in [5.74, 6) is 4.92. The highest BCUT2D eigenvalue weighted by atomic mass is 16.5. The van der Waals surface area contributed by atoms with E-state index in [0.29, 0.717) is 39.6 Å². The van der Waals surface area contributed by atoms with Gasteiger partial charge in [-0.15, -0.1) is 0 Å². The Labute approximate surface area is 679 Å². The molecule has 7 nitrogen and oxygen atoms in total. The Balaban J connectivity index is 1.83. The first-order valence-electron chi connectivity index (χ1n) is 47.5. The zero-order valence-corrected chi connectivity index (χ0v) is 72.6. The fraction of sp³-hybridized carbons (Fsp3) is 0.709. The zero-order valence-electron chi connectivity index (χ0n) is 72.6. The summed E-state index contributed by atoms with van der Waals surface area (Å²) in [6, 6.07) is 23.7. The first-order valence-corrected chi connectivity index (χ1v) is 47.5. The average molecular weight is 1520 g/mol. The standard InChI is InChI=1S/C103H170O7/c1-7-13-19-25-31-37-43-49-55-64-78-105-98-85-93(99(84-92(98)73-72-91-70-62-61-63-71-91)106-79-65-56-50-44-38-32-26-20-14-8-2)74-75-94-86-101(108-81-67-58-52-46-40-34-28-22-16-10-4)95(87-100(94)107-80-66-57-51-45-39-33-27-21-15-9-3)76-77-96-88-103(110-83-69-60-54-48-42-36-30-24-18-12-6)97(90-104)89-102(96)109-82-68-59-53-47-41-35-29-23-17-11-5/h61-63,70-77,84-89,104H,7-60,64-69,78-83,90H2,1-6H3/b73-72+,75-74+,77-76+. The van der Waals surface area contributed by atoms with E-state index in [-0.39, 0.29) is 6.61 Å². The van der Waals surface area contributed by atoms with Gasteiger partial charge in [0.1, 0.15) is 34.5 Å². The van der Waals surface area contributed by atoms with Crippen LogP contribution in [-0.4, -0.2) is 44.7 Å². The van der Waals surface area contributed by atoms with Crippen LogP contribution in [0.5, 0.6) is 34.5 Å². The van der Waals surface area contributed by atoms with E-state index in [1.807, 2.05) is 6.07 Å². The Hall–Kier alpha value is -5.14. The average Bonchev–Trinajstić information content (AvgIpc) is 0.816. The minimum absolute atomic E-state index is 0.117. The van der Waals surface area contributed by atoms with Gasteiger partial charge in [0.15, 0.2) is 0 Å².